The van der Waals surface area contributed by atoms with Crippen LogP contribution >= 0.6 is 0 Å². The molecule has 1 saturated heterocycles. The van der Waals surface area contributed by atoms with Crippen LogP contribution in [0.5, 0.6) is 0 Å². The minimum absolute atomic E-state index is 0.0810. The van der Waals surface area contributed by atoms with Crippen LogP contribution in [0.2, 0.25) is 0 Å². The van der Waals surface area contributed by atoms with Gasteiger partial charge >= 0.3 is 0 Å². The summed E-state index contributed by atoms with van der Waals surface area (Å²) >= 11 is 0. The Labute approximate surface area is 198 Å². The highest BCUT2D eigenvalue weighted by Gasteiger charge is 2.43. The van der Waals surface area contributed by atoms with Crippen LogP contribution < -0.4 is 0 Å². The van der Waals surface area contributed by atoms with E-state index in [0.29, 0.717) is 24.9 Å². The number of aliphatic hydroxyl groups is 2. The molecule has 0 radical (unpaired) electrons. The number of benzene rings is 1. The first kappa shape index (κ1) is 24.2. The van der Waals surface area contributed by atoms with Crippen LogP contribution in [0.1, 0.15) is 49.7 Å². The Bertz CT molecular complexity index is 857. The topological polar surface area (TPSA) is 70.0 Å². The summed E-state index contributed by atoms with van der Waals surface area (Å²) in [6.45, 7) is 4.55. The molecule has 5 nitrogen and oxygen atoms in total. The van der Waals surface area contributed by atoms with Crippen molar-refractivity contribution in [2.24, 2.45) is 17.8 Å². The van der Waals surface area contributed by atoms with E-state index in [9.17, 15) is 15.0 Å². The molecule has 180 valence electrons. The monoisotopic (exact) mass is 453 g/mol. The lowest BCUT2D eigenvalue weighted by atomic mass is 9.88. The first-order chi connectivity index (χ1) is 16.0. The van der Waals surface area contributed by atoms with Gasteiger partial charge in [0.2, 0.25) is 5.91 Å². The van der Waals surface area contributed by atoms with Gasteiger partial charge in [0.1, 0.15) is 6.61 Å². The van der Waals surface area contributed by atoms with Gasteiger partial charge in [-0.25, -0.2) is 0 Å². The summed E-state index contributed by atoms with van der Waals surface area (Å²) in [5, 5.41) is 21.1. The lowest BCUT2D eigenvalue weighted by Crippen LogP contribution is -2.38. The molecule has 5 atom stereocenters. The number of nitrogens with zero attached hydrogens (tertiary/aromatic N) is 1. The van der Waals surface area contributed by atoms with E-state index in [0.717, 1.165) is 50.8 Å². The molecule has 0 aromatic heterocycles. The Morgan fingerprint density at radius 1 is 1.27 bits per heavy atom. The zero-order valence-electron chi connectivity index (χ0n) is 19.9. The van der Waals surface area contributed by atoms with Crippen molar-refractivity contribution >= 4 is 5.91 Å². The molecular formula is C28H39NO4. The molecule has 33 heavy (non-hydrogen) atoms. The minimum atomic E-state index is -0.544. The molecule has 0 bridgehead atoms. The summed E-state index contributed by atoms with van der Waals surface area (Å²) in [6.07, 6.45) is 12.0. The van der Waals surface area contributed by atoms with Crippen LogP contribution in [0.15, 0.2) is 48.1 Å². The van der Waals surface area contributed by atoms with Crippen molar-refractivity contribution < 1.29 is 19.7 Å². The van der Waals surface area contributed by atoms with Gasteiger partial charge < -0.3 is 19.8 Å². The number of aryl methyl sites for hydroxylation is 1. The Kier molecular flexibility index (Phi) is 8.39. The summed E-state index contributed by atoms with van der Waals surface area (Å²) in [7, 11) is 0. The fourth-order valence-corrected chi connectivity index (χ4v) is 5.79. The van der Waals surface area contributed by atoms with Crippen LogP contribution in [0.3, 0.4) is 0 Å². The van der Waals surface area contributed by atoms with Crippen LogP contribution in [-0.2, 0) is 16.0 Å². The number of carbonyl (C=O) groups is 1. The van der Waals surface area contributed by atoms with Gasteiger partial charge in [-0.3, -0.25) is 4.79 Å². The van der Waals surface area contributed by atoms with Gasteiger partial charge in [-0.1, -0.05) is 53.6 Å². The molecule has 1 heterocycles. The van der Waals surface area contributed by atoms with E-state index in [1.54, 1.807) is 0 Å². The minimum Gasteiger partial charge on any atom is -0.392 e. The van der Waals surface area contributed by atoms with E-state index in [4.69, 9.17) is 4.74 Å². The maximum Gasteiger partial charge on any atom is 0.248 e. The molecular weight excluding hydrogens is 414 g/mol. The van der Waals surface area contributed by atoms with E-state index in [1.165, 1.54) is 17.6 Å². The molecule has 2 fully saturated rings. The van der Waals surface area contributed by atoms with Crippen molar-refractivity contribution in [3.63, 3.8) is 0 Å². The van der Waals surface area contributed by atoms with Crippen molar-refractivity contribution in [3.8, 4) is 0 Å². The normalized spacial score (nSPS) is 28.2. The molecule has 1 saturated carbocycles. The first-order valence-electron chi connectivity index (χ1n) is 12.6. The quantitative estimate of drug-likeness (QED) is 0.441. The van der Waals surface area contributed by atoms with Crippen LogP contribution in [0, 0.1) is 24.7 Å². The second-order valence-corrected chi connectivity index (χ2v) is 10.1. The molecule has 2 N–H and O–H groups in total. The predicted octanol–water partition coefficient (Wildman–Crippen LogP) is 3.82. The molecule has 1 amide bonds. The third kappa shape index (κ3) is 6.56. The lowest BCUT2D eigenvalue weighted by Gasteiger charge is -2.26. The summed E-state index contributed by atoms with van der Waals surface area (Å²) in [5.41, 5.74) is 3.70. The van der Waals surface area contributed by atoms with Crippen molar-refractivity contribution in [1.29, 1.82) is 0 Å². The number of amides is 1. The number of piperidine rings is 1. The Morgan fingerprint density at radius 3 is 2.88 bits per heavy atom. The number of hydrogen-bond donors (Lipinski definition) is 2. The lowest BCUT2D eigenvalue weighted by molar-refractivity contribution is -0.137. The fraction of sp³-hybridized carbons (Fsp3) is 0.607. The first-order valence-corrected chi connectivity index (χ1v) is 12.6. The third-order valence-corrected chi connectivity index (χ3v) is 7.53. The Balaban J connectivity index is 1.21. The van der Waals surface area contributed by atoms with Gasteiger partial charge in [0.05, 0.1) is 18.8 Å². The van der Waals surface area contributed by atoms with Gasteiger partial charge in [0.25, 0.3) is 0 Å². The molecule has 1 aliphatic heterocycles. The van der Waals surface area contributed by atoms with E-state index >= 15 is 0 Å². The van der Waals surface area contributed by atoms with Gasteiger partial charge in [0, 0.05) is 25.4 Å². The molecule has 4 rings (SSSR count). The highest BCUT2D eigenvalue weighted by Crippen LogP contribution is 2.47. The largest absolute Gasteiger partial charge is 0.392 e. The second kappa shape index (κ2) is 11.5. The molecule has 0 spiro atoms. The average molecular weight is 454 g/mol. The van der Waals surface area contributed by atoms with E-state index in [-0.39, 0.29) is 24.5 Å². The molecule has 3 aliphatic rings. The number of likely N-dealkylation sites (tertiary alicyclic amines) is 1. The van der Waals surface area contributed by atoms with Crippen molar-refractivity contribution in [1.82, 2.24) is 4.90 Å². The predicted molar refractivity (Wildman–Crippen MR) is 130 cm³/mol. The number of aliphatic hydroxyl groups excluding tert-OH is 2. The van der Waals surface area contributed by atoms with Crippen LogP contribution in [0.25, 0.3) is 0 Å². The Morgan fingerprint density at radius 2 is 2.09 bits per heavy atom. The molecule has 5 heteroatoms. The highest BCUT2D eigenvalue weighted by molar-refractivity contribution is 5.77. The van der Waals surface area contributed by atoms with Crippen molar-refractivity contribution in [2.45, 2.75) is 64.1 Å². The van der Waals surface area contributed by atoms with Crippen molar-refractivity contribution in [3.05, 3.63) is 59.2 Å². The molecule has 0 unspecified atom stereocenters. The smallest absolute Gasteiger partial charge is 0.248 e. The number of rotatable bonds is 9. The number of fused-ring (bicyclic) bond motifs is 1. The zero-order chi connectivity index (χ0) is 23.2. The van der Waals surface area contributed by atoms with E-state index in [2.05, 4.69) is 25.1 Å². The molecule has 2 aliphatic carbocycles. The molecule has 1 aromatic rings. The summed E-state index contributed by atoms with van der Waals surface area (Å²) < 4.78 is 5.70. The SMILES string of the molecule is Cc1cccc(C[C@H](O)/C=C/[C@@H]2[C@H]3CC(CCOCC(=O)N4CCCCC4)=C[C@H]3C[C@H]2O)c1. The summed E-state index contributed by atoms with van der Waals surface area (Å²) in [4.78, 5) is 14.1. The second-order valence-electron chi connectivity index (χ2n) is 10.1. The van der Waals surface area contributed by atoms with Gasteiger partial charge in [-0.2, -0.15) is 0 Å². The van der Waals surface area contributed by atoms with Gasteiger partial charge in [0.15, 0.2) is 0 Å². The summed E-state index contributed by atoms with van der Waals surface area (Å²) in [5.74, 6) is 0.989. The maximum atomic E-state index is 12.2. The molecule has 1 aromatic carbocycles. The highest BCUT2D eigenvalue weighted by atomic mass is 16.5. The maximum absolute atomic E-state index is 12.2. The Hall–Kier alpha value is -1.95. The van der Waals surface area contributed by atoms with Crippen LogP contribution in [-0.4, -0.2) is 59.5 Å². The van der Waals surface area contributed by atoms with Gasteiger partial charge in [-0.05, 0) is 62.8 Å². The van der Waals surface area contributed by atoms with Crippen molar-refractivity contribution in [2.75, 3.05) is 26.3 Å². The van der Waals surface area contributed by atoms with E-state index < -0.39 is 6.10 Å². The number of hydrogen-bond acceptors (Lipinski definition) is 4. The van der Waals surface area contributed by atoms with E-state index in [1.807, 2.05) is 29.2 Å². The standard InChI is InChI=1S/C28H39NO4/c1-20-6-5-7-21(14-20)16-24(30)8-9-25-26-17-22(15-23(26)18-27(25)31)10-13-33-19-28(32)29-11-3-2-4-12-29/h5-9,14-15,23-27,30-31H,2-4,10-13,16-19H2,1H3/b9-8+/t23-,24+,25+,26-,27+/m0/s1. The van der Waals surface area contributed by atoms with Crippen LogP contribution in [0.4, 0.5) is 0 Å². The number of carbonyl (C=O) groups excluding carboxylic acids is 1. The summed E-state index contributed by atoms with van der Waals surface area (Å²) in [6, 6.07) is 8.22. The number of allylic oxidation sites excluding steroid dienone is 1. The van der Waals surface area contributed by atoms with Gasteiger partial charge in [-0.15, -0.1) is 0 Å². The average Bonchev–Trinajstić information content (AvgIpc) is 3.32. The fourth-order valence-electron chi connectivity index (χ4n) is 5.79. The number of ether oxygens (including phenoxy) is 1. The zero-order valence-corrected chi connectivity index (χ0v) is 19.9. The third-order valence-electron chi connectivity index (χ3n) is 7.53.